The van der Waals surface area contributed by atoms with Crippen LogP contribution < -0.4 is 11.1 Å². The number of benzene rings is 2. The standard InChI is InChI=1S/C17H14FN3OS2/c18-12-3-1-11(2-4-12)15-9-24-17(20-15)21-16(22)10-23-14-7-5-13(19)6-8-14/h1-9H,10,19H2,(H,20,21,22). The Morgan fingerprint density at radius 1 is 1.17 bits per heavy atom. The monoisotopic (exact) mass is 359 g/mol. The molecule has 1 aromatic heterocycles. The van der Waals surface area contributed by atoms with Crippen LogP contribution in [0.5, 0.6) is 0 Å². The Kier molecular flexibility index (Phi) is 5.12. The third-order valence-electron chi connectivity index (χ3n) is 3.14. The largest absolute Gasteiger partial charge is 0.399 e. The maximum atomic E-state index is 12.9. The van der Waals surface area contributed by atoms with Gasteiger partial charge in [0.25, 0.3) is 0 Å². The zero-order valence-electron chi connectivity index (χ0n) is 12.5. The van der Waals surface area contributed by atoms with Crippen LogP contribution in [-0.2, 0) is 4.79 Å². The van der Waals surface area contributed by atoms with Crippen LogP contribution >= 0.6 is 23.1 Å². The number of carbonyl (C=O) groups excluding carboxylic acids is 1. The van der Waals surface area contributed by atoms with E-state index < -0.39 is 0 Å². The van der Waals surface area contributed by atoms with Crippen LogP contribution in [0.3, 0.4) is 0 Å². The zero-order valence-corrected chi connectivity index (χ0v) is 14.2. The molecule has 4 nitrogen and oxygen atoms in total. The number of hydrogen-bond acceptors (Lipinski definition) is 5. The first-order valence-electron chi connectivity index (χ1n) is 7.10. The first kappa shape index (κ1) is 16.5. The van der Waals surface area contributed by atoms with Gasteiger partial charge in [-0.2, -0.15) is 0 Å². The van der Waals surface area contributed by atoms with Crippen molar-refractivity contribution in [1.82, 2.24) is 4.98 Å². The van der Waals surface area contributed by atoms with Crippen molar-refractivity contribution >= 4 is 39.8 Å². The van der Waals surface area contributed by atoms with E-state index in [2.05, 4.69) is 10.3 Å². The van der Waals surface area contributed by atoms with E-state index in [0.717, 1.165) is 10.5 Å². The number of aromatic nitrogens is 1. The average molecular weight is 359 g/mol. The second-order valence-corrected chi connectivity index (χ2v) is 6.86. The number of nitrogen functional groups attached to an aromatic ring is 1. The van der Waals surface area contributed by atoms with Crippen LogP contribution in [0, 0.1) is 5.82 Å². The molecule has 0 unspecified atom stereocenters. The van der Waals surface area contributed by atoms with Gasteiger partial charge in [0.05, 0.1) is 11.4 Å². The second kappa shape index (κ2) is 7.46. The van der Waals surface area contributed by atoms with Crippen LogP contribution in [0.2, 0.25) is 0 Å². The summed E-state index contributed by atoms with van der Waals surface area (Å²) in [6, 6.07) is 13.4. The molecule has 0 bridgehead atoms. The molecule has 2 aromatic carbocycles. The molecule has 0 atom stereocenters. The summed E-state index contributed by atoms with van der Waals surface area (Å²) in [6.07, 6.45) is 0. The summed E-state index contributed by atoms with van der Waals surface area (Å²) in [5.74, 6) is -0.130. The van der Waals surface area contributed by atoms with Crippen LogP contribution in [0.15, 0.2) is 58.8 Å². The normalized spacial score (nSPS) is 10.5. The number of anilines is 2. The van der Waals surface area contributed by atoms with E-state index in [-0.39, 0.29) is 17.5 Å². The van der Waals surface area contributed by atoms with E-state index >= 15 is 0 Å². The lowest BCUT2D eigenvalue weighted by molar-refractivity contribution is -0.113. The van der Waals surface area contributed by atoms with Gasteiger partial charge in [0.2, 0.25) is 5.91 Å². The minimum absolute atomic E-state index is 0.128. The van der Waals surface area contributed by atoms with E-state index in [1.807, 2.05) is 17.5 Å². The first-order chi connectivity index (χ1) is 11.6. The third-order valence-corrected chi connectivity index (χ3v) is 4.91. The van der Waals surface area contributed by atoms with E-state index in [1.165, 1.54) is 35.2 Å². The molecule has 0 aliphatic heterocycles. The predicted octanol–water partition coefficient (Wildman–Crippen LogP) is 4.26. The molecule has 0 fully saturated rings. The summed E-state index contributed by atoms with van der Waals surface area (Å²) >= 11 is 2.77. The van der Waals surface area contributed by atoms with Gasteiger partial charge in [0, 0.05) is 21.5 Å². The molecule has 1 heterocycles. The number of halogens is 1. The third kappa shape index (κ3) is 4.33. The molecular formula is C17H14FN3OS2. The van der Waals surface area contributed by atoms with Crippen LogP contribution in [0.4, 0.5) is 15.2 Å². The molecule has 0 radical (unpaired) electrons. The van der Waals surface area contributed by atoms with Gasteiger partial charge in [-0.05, 0) is 48.5 Å². The molecule has 0 aliphatic carbocycles. The minimum Gasteiger partial charge on any atom is -0.399 e. The summed E-state index contributed by atoms with van der Waals surface area (Å²) in [7, 11) is 0. The van der Waals surface area contributed by atoms with Crippen molar-refractivity contribution < 1.29 is 9.18 Å². The van der Waals surface area contributed by atoms with E-state index in [9.17, 15) is 9.18 Å². The number of nitrogens with two attached hydrogens (primary N) is 1. The molecule has 0 spiro atoms. The number of thiazole rings is 1. The predicted molar refractivity (Wildman–Crippen MR) is 97.7 cm³/mol. The fourth-order valence-electron chi connectivity index (χ4n) is 1.95. The Labute approximate surface area is 146 Å². The van der Waals surface area contributed by atoms with Crippen molar-refractivity contribution in [1.29, 1.82) is 0 Å². The summed E-state index contributed by atoms with van der Waals surface area (Å²) in [6.45, 7) is 0. The van der Waals surface area contributed by atoms with E-state index in [0.29, 0.717) is 16.5 Å². The second-order valence-electron chi connectivity index (χ2n) is 4.95. The molecular weight excluding hydrogens is 345 g/mol. The van der Waals surface area contributed by atoms with Crippen molar-refractivity contribution in [2.45, 2.75) is 4.90 Å². The van der Waals surface area contributed by atoms with Gasteiger partial charge in [-0.15, -0.1) is 23.1 Å². The number of rotatable bonds is 5. The van der Waals surface area contributed by atoms with Gasteiger partial charge in [0.15, 0.2) is 5.13 Å². The minimum atomic E-state index is -0.290. The highest BCUT2D eigenvalue weighted by atomic mass is 32.2. The summed E-state index contributed by atoms with van der Waals surface area (Å²) in [4.78, 5) is 17.3. The van der Waals surface area contributed by atoms with E-state index in [1.54, 1.807) is 24.3 Å². The highest BCUT2D eigenvalue weighted by molar-refractivity contribution is 8.00. The molecule has 0 saturated carbocycles. The Morgan fingerprint density at radius 2 is 1.88 bits per heavy atom. The van der Waals surface area contributed by atoms with Crippen LogP contribution in [0.25, 0.3) is 11.3 Å². The highest BCUT2D eigenvalue weighted by Gasteiger charge is 2.09. The van der Waals surface area contributed by atoms with Gasteiger partial charge in [-0.1, -0.05) is 0 Å². The lowest BCUT2D eigenvalue weighted by Gasteiger charge is -2.02. The van der Waals surface area contributed by atoms with Crippen molar-refractivity contribution in [2.75, 3.05) is 16.8 Å². The van der Waals surface area contributed by atoms with Gasteiger partial charge >= 0.3 is 0 Å². The van der Waals surface area contributed by atoms with Crippen LogP contribution in [0.1, 0.15) is 0 Å². The van der Waals surface area contributed by atoms with Crippen molar-refractivity contribution in [3.63, 3.8) is 0 Å². The molecule has 0 aliphatic rings. The Balaban J connectivity index is 1.57. The van der Waals surface area contributed by atoms with Gasteiger partial charge in [0.1, 0.15) is 5.82 Å². The zero-order chi connectivity index (χ0) is 16.9. The topological polar surface area (TPSA) is 68.0 Å². The fourth-order valence-corrected chi connectivity index (χ4v) is 3.39. The number of carbonyl (C=O) groups is 1. The summed E-state index contributed by atoms with van der Waals surface area (Å²) in [5, 5.41) is 5.13. The number of nitrogens with one attached hydrogen (secondary N) is 1. The molecule has 24 heavy (non-hydrogen) atoms. The van der Waals surface area contributed by atoms with Gasteiger partial charge in [-0.3, -0.25) is 4.79 Å². The molecule has 0 saturated heterocycles. The molecule has 3 aromatic rings. The number of thioether (sulfide) groups is 1. The molecule has 3 rings (SSSR count). The molecule has 7 heteroatoms. The van der Waals surface area contributed by atoms with Gasteiger partial charge < -0.3 is 11.1 Å². The molecule has 122 valence electrons. The molecule has 1 amide bonds. The fraction of sp³-hybridized carbons (Fsp3) is 0.0588. The van der Waals surface area contributed by atoms with Crippen LogP contribution in [-0.4, -0.2) is 16.6 Å². The van der Waals surface area contributed by atoms with Crippen molar-refractivity contribution in [3.8, 4) is 11.3 Å². The number of hydrogen-bond donors (Lipinski definition) is 2. The molecule has 3 N–H and O–H groups in total. The maximum absolute atomic E-state index is 12.9. The first-order valence-corrected chi connectivity index (χ1v) is 8.96. The lowest BCUT2D eigenvalue weighted by atomic mass is 10.2. The summed E-state index contributed by atoms with van der Waals surface area (Å²) < 4.78 is 12.9. The summed E-state index contributed by atoms with van der Waals surface area (Å²) in [5.41, 5.74) is 7.84. The lowest BCUT2D eigenvalue weighted by Crippen LogP contribution is -2.13. The van der Waals surface area contributed by atoms with Crippen molar-refractivity contribution in [3.05, 3.63) is 59.7 Å². The maximum Gasteiger partial charge on any atom is 0.236 e. The smallest absolute Gasteiger partial charge is 0.236 e. The van der Waals surface area contributed by atoms with E-state index in [4.69, 9.17) is 5.73 Å². The highest BCUT2D eigenvalue weighted by Crippen LogP contribution is 2.25. The van der Waals surface area contributed by atoms with Crippen molar-refractivity contribution in [2.24, 2.45) is 0 Å². The van der Waals surface area contributed by atoms with Gasteiger partial charge in [-0.25, -0.2) is 9.37 Å². The Hall–Kier alpha value is -2.38. The Morgan fingerprint density at radius 3 is 2.58 bits per heavy atom. The quantitative estimate of drug-likeness (QED) is 0.527. The average Bonchev–Trinajstić information content (AvgIpc) is 3.03. The number of amides is 1. The number of nitrogens with zero attached hydrogens (tertiary/aromatic N) is 1. The SMILES string of the molecule is Nc1ccc(SCC(=O)Nc2nc(-c3ccc(F)cc3)cs2)cc1. The Bertz CT molecular complexity index is 832.